The second kappa shape index (κ2) is 9.94. The lowest BCUT2D eigenvalue weighted by Crippen LogP contribution is -2.32. The van der Waals surface area contributed by atoms with Gasteiger partial charge in [-0.1, -0.05) is 32.6 Å². The van der Waals surface area contributed by atoms with Crippen LogP contribution >= 0.6 is 0 Å². The van der Waals surface area contributed by atoms with Gasteiger partial charge in [0.05, 0.1) is 18.4 Å². The molecule has 0 unspecified atom stereocenters. The second-order valence-electron chi connectivity index (χ2n) is 7.66. The van der Waals surface area contributed by atoms with Crippen molar-refractivity contribution in [3.05, 3.63) is 0 Å². The lowest BCUT2D eigenvalue weighted by molar-refractivity contribution is -0.163. The van der Waals surface area contributed by atoms with Crippen LogP contribution in [0.5, 0.6) is 0 Å². The third-order valence-electron chi connectivity index (χ3n) is 4.29. The zero-order valence-electron chi connectivity index (χ0n) is 15.4. The number of esters is 2. The summed E-state index contributed by atoms with van der Waals surface area (Å²) in [5, 5.41) is 0. The molecule has 1 saturated carbocycles. The quantitative estimate of drug-likeness (QED) is 0.481. The number of carbonyl (C=O) groups is 2. The molecule has 0 aromatic carbocycles. The molecule has 0 amide bonds. The van der Waals surface area contributed by atoms with E-state index in [0.29, 0.717) is 6.61 Å². The Labute approximate surface area is 141 Å². The minimum atomic E-state index is -0.440. The molecule has 134 valence electrons. The minimum absolute atomic E-state index is 0.0377. The largest absolute Gasteiger partial charge is 0.465 e. The van der Waals surface area contributed by atoms with E-state index >= 15 is 0 Å². The second-order valence-corrected chi connectivity index (χ2v) is 7.66. The van der Waals surface area contributed by atoms with Crippen molar-refractivity contribution in [3.8, 4) is 0 Å². The van der Waals surface area contributed by atoms with Crippen molar-refractivity contribution in [2.75, 3.05) is 6.61 Å². The number of hydrogen-bond acceptors (Lipinski definition) is 4. The first-order valence-electron chi connectivity index (χ1n) is 9.23. The Bertz CT molecular complexity index is 362. The van der Waals surface area contributed by atoms with Gasteiger partial charge >= 0.3 is 11.9 Å². The zero-order valence-corrected chi connectivity index (χ0v) is 15.4. The van der Waals surface area contributed by atoms with Crippen molar-refractivity contribution in [2.24, 2.45) is 11.8 Å². The lowest BCUT2D eigenvalue weighted by atomic mass is 9.82. The summed E-state index contributed by atoms with van der Waals surface area (Å²) in [7, 11) is 0. The summed E-state index contributed by atoms with van der Waals surface area (Å²) in [6.45, 7) is 8.37. The normalized spacial score (nSPS) is 21.7. The van der Waals surface area contributed by atoms with Gasteiger partial charge in [-0.05, 0) is 52.9 Å². The molecular formula is C19H34O4. The molecule has 4 heteroatoms. The molecule has 0 aromatic rings. The molecule has 4 nitrogen and oxygen atoms in total. The lowest BCUT2D eigenvalue weighted by Gasteiger charge is -2.28. The number of unbranched alkanes of at least 4 members (excludes halogenated alkanes) is 4. The third-order valence-corrected chi connectivity index (χ3v) is 4.29. The molecule has 23 heavy (non-hydrogen) atoms. The highest BCUT2D eigenvalue weighted by Crippen LogP contribution is 2.31. The number of ether oxygens (including phenoxy) is 2. The van der Waals surface area contributed by atoms with Crippen molar-refractivity contribution in [1.29, 1.82) is 0 Å². The predicted molar refractivity (Wildman–Crippen MR) is 91.0 cm³/mol. The van der Waals surface area contributed by atoms with Gasteiger partial charge in [-0.15, -0.1) is 0 Å². The van der Waals surface area contributed by atoms with Crippen LogP contribution in [0.4, 0.5) is 0 Å². The Balaban J connectivity index is 2.19. The van der Waals surface area contributed by atoms with E-state index in [-0.39, 0.29) is 23.8 Å². The molecule has 0 bridgehead atoms. The van der Waals surface area contributed by atoms with Gasteiger partial charge in [0.15, 0.2) is 0 Å². The third kappa shape index (κ3) is 8.38. The number of rotatable bonds is 8. The molecule has 1 aliphatic rings. The smallest absolute Gasteiger partial charge is 0.309 e. The van der Waals surface area contributed by atoms with Crippen LogP contribution in [0.25, 0.3) is 0 Å². The average Bonchev–Trinajstić information content (AvgIpc) is 2.49. The standard InChI is InChI=1S/C19H34O4/c1-5-6-7-8-9-14-22-17(20)15-10-12-16(13-11-15)18(21)23-19(2,3)4/h15-16H,5-14H2,1-4H3. The first-order chi connectivity index (χ1) is 10.8. The van der Waals surface area contributed by atoms with E-state index in [4.69, 9.17) is 9.47 Å². The van der Waals surface area contributed by atoms with E-state index in [2.05, 4.69) is 6.92 Å². The topological polar surface area (TPSA) is 52.6 Å². The minimum Gasteiger partial charge on any atom is -0.465 e. The fourth-order valence-electron chi connectivity index (χ4n) is 2.95. The molecule has 1 rings (SSSR count). The maximum atomic E-state index is 12.1. The van der Waals surface area contributed by atoms with Crippen LogP contribution < -0.4 is 0 Å². The van der Waals surface area contributed by atoms with Crippen LogP contribution in [0.2, 0.25) is 0 Å². The highest BCUT2D eigenvalue weighted by Gasteiger charge is 2.33. The molecular weight excluding hydrogens is 292 g/mol. The molecule has 1 aliphatic carbocycles. The molecule has 0 aliphatic heterocycles. The predicted octanol–water partition coefficient (Wildman–Crippen LogP) is 4.65. The van der Waals surface area contributed by atoms with E-state index in [1.165, 1.54) is 19.3 Å². The van der Waals surface area contributed by atoms with Crippen molar-refractivity contribution >= 4 is 11.9 Å². The highest BCUT2D eigenvalue weighted by atomic mass is 16.6. The summed E-state index contributed by atoms with van der Waals surface area (Å²) in [4.78, 5) is 24.1. The van der Waals surface area contributed by atoms with Crippen LogP contribution in [0, 0.1) is 11.8 Å². The van der Waals surface area contributed by atoms with Crippen molar-refractivity contribution < 1.29 is 19.1 Å². The van der Waals surface area contributed by atoms with E-state index in [0.717, 1.165) is 38.5 Å². The Morgan fingerprint density at radius 1 is 0.870 bits per heavy atom. The zero-order chi connectivity index (χ0) is 17.3. The first kappa shape index (κ1) is 20.0. The maximum absolute atomic E-state index is 12.1. The summed E-state index contributed by atoms with van der Waals surface area (Å²) < 4.78 is 10.8. The van der Waals surface area contributed by atoms with Crippen LogP contribution in [-0.2, 0) is 19.1 Å². The van der Waals surface area contributed by atoms with Gasteiger partial charge in [0.1, 0.15) is 5.60 Å². The van der Waals surface area contributed by atoms with Gasteiger partial charge in [-0.2, -0.15) is 0 Å². The highest BCUT2D eigenvalue weighted by molar-refractivity contribution is 5.75. The molecule has 0 atom stereocenters. The Morgan fingerprint density at radius 2 is 1.39 bits per heavy atom. The monoisotopic (exact) mass is 326 g/mol. The summed E-state index contributed by atoms with van der Waals surface area (Å²) in [5.74, 6) is -0.306. The van der Waals surface area contributed by atoms with Gasteiger partial charge in [0.2, 0.25) is 0 Å². The van der Waals surface area contributed by atoms with Crippen molar-refractivity contribution in [1.82, 2.24) is 0 Å². The van der Waals surface area contributed by atoms with E-state index in [1.807, 2.05) is 20.8 Å². The van der Waals surface area contributed by atoms with Gasteiger partial charge in [-0.25, -0.2) is 0 Å². The van der Waals surface area contributed by atoms with Gasteiger partial charge in [-0.3, -0.25) is 9.59 Å². The fourth-order valence-corrected chi connectivity index (χ4v) is 2.95. The van der Waals surface area contributed by atoms with Crippen LogP contribution in [0.1, 0.15) is 85.5 Å². The van der Waals surface area contributed by atoms with Crippen molar-refractivity contribution in [2.45, 2.75) is 91.1 Å². The maximum Gasteiger partial charge on any atom is 0.309 e. The molecule has 0 radical (unpaired) electrons. The Morgan fingerprint density at radius 3 is 1.91 bits per heavy atom. The fraction of sp³-hybridized carbons (Fsp3) is 0.895. The van der Waals surface area contributed by atoms with Crippen molar-refractivity contribution in [3.63, 3.8) is 0 Å². The summed E-state index contributed by atoms with van der Waals surface area (Å²) >= 11 is 0. The van der Waals surface area contributed by atoms with Crippen LogP contribution in [0.15, 0.2) is 0 Å². The van der Waals surface area contributed by atoms with Gasteiger partial charge in [0, 0.05) is 0 Å². The Hall–Kier alpha value is -1.06. The Kier molecular flexibility index (Phi) is 8.64. The van der Waals surface area contributed by atoms with Crippen LogP contribution in [-0.4, -0.2) is 24.1 Å². The molecule has 1 fully saturated rings. The average molecular weight is 326 g/mol. The number of hydrogen-bond donors (Lipinski definition) is 0. The molecule has 0 saturated heterocycles. The van der Waals surface area contributed by atoms with Gasteiger partial charge in [0.25, 0.3) is 0 Å². The summed E-state index contributed by atoms with van der Waals surface area (Å²) in [6, 6.07) is 0. The molecule has 0 spiro atoms. The first-order valence-corrected chi connectivity index (χ1v) is 9.23. The summed E-state index contributed by atoms with van der Waals surface area (Å²) in [5.41, 5.74) is -0.440. The van der Waals surface area contributed by atoms with Gasteiger partial charge < -0.3 is 9.47 Å². The SMILES string of the molecule is CCCCCCCOC(=O)C1CCC(C(=O)OC(C)(C)C)CC1. The summed E-state index contributed by atoms with van der Waals surface area (Å²) in [6.07, 6.45) is 8.71. The molecule has 0 N–H and O–H groups in total. The molecule has 0 aromatic heterocycles. The van der Waals surface area contributed by atoms with Crippen LogP contribution in [0.3, 0.4) is 0 Å². The van der Waals surface area contributed by atoms with E-state index in [1.54, 1.807) is 0 Å². The van der Waals surface area contributed by atoms with E-state index in [9.17, 15) is 9.59 Å². The number of carbonyl (C=O) groups excluding carboxylic acids is 2. The van der Waals surface area contributed by atoms with E-state index < -0.39 is 5.60 Å². The molecule has 0 heterocycles.